The summed E-state index contributed by atoms with van der Waals surface area (Å²) in [5.74, 6) is 0.0197. The van der Waals surface area contributed by atoms with Gasteiger partial charge in [-0.3, -0.25) is 19.7 Å². The number of ether oxygens (including phenoxy) is 6. The molecule has 0 fully saturated rings. The van der Waals surface area contributed by atoms with Crippen LogP contribution in [0.25, 0.3) is 0 Å². The van der Waals surface area contributed by atoms with Gasteiger partial charge in [0.25, 0.3) is 11.8 Å². The quantitative estimate of drug-likeness (QED) is 0.0754. The van der Waals surface area contributed by atoms with Crippen LogP contribution < -0.4 is 30.0 Å². The fraction of sp³-hybridized carbons (Fsp3) is 0.366. The van der Waals surface area contributed by atoms with Gasteiger partial charge in [0.05, 0.1) is 50.3 Å². The Morgan fingerprint density at radius 1 is 0.836 bits per heavy atom. The van der Waals surface area contributed by atoms with Crippen LogP contribution in [0.3, 0.4) is 0 Å². The largest absolute Gasteiger partial charge is 0.493 e. The zero-order chi connectivity index (χ0) is 40.1. The smallest absolute Gasteiger partial charge is 0.411 e. The number of nitrogens with two attached hydrogens (primary N) is 1. The predicted octanol–water partition coefficient (Wildman–Crippen LogP) is 6.80. The molecule has 2 atom stereocenters. The minimum atomic E-state index is -0.813. The SMILES string of the molecule is C=CCOC(=O)Nc1cc(OCCCOc2cc(N)c(C(=O)N3C=C(/C=C/C)C[C@@H]3C)cc2OC)c(OC)cc1C(=O)N1C=C(/C=C/C)C[C@H]1COC(C)=O. The zero-order valence-electron chi connectivity index (χ0n) is 32.2. The highest BCUT2D eigenvalue weighted by atomic mass is 16.6. The van der Waals surface area contributed by atoms with Crippen molar-refractivity contribution in [2.45, 2.75) is 59.0 Å². The summed E-state index contributed by atoms with van der Waals surface area (Å²) >= 11 is 0. The molecule has 0 aliphatic carbocycles. The third kappa shape index (κ3) is 10.7. The number of rotatable bonds is 17. The van der Waals surface area contributed by atoms with Crippen molar-refractivity contribution in [3.8, 4) is 23.0 Å². The van der Waals surface area contributed by atoms with Crippen LogP contribution in [-0.2, 0) is 14.3 Å². The first-order valence-corrected chi connectivity index (χ1v) is 17.9. The highest BCUT2D eigenvalue weighted by Gasteiger charge is 2.33. The molecule has 2 heterocycles. The van der Waals surface area contributed by atoms with Crippen LogP contribution in [0.4, 0.5) is 16.2 Å². The van der Waals surface area contributed by atoms with Gasteiger partial charge in [-0.25, -0.2) is 4.79 Å². The number of carbonyl (C=O) groups excluding carboxylic acids is 4. The van der Waals surface area contributed by atoms with Crippen molar-refractivity contribution in [1.29, 1.82) is 0 Å². The lowest BCUT2D eigenvalue weighted by Crippen LogP contribution is -2.37. The van der Waals surface area contributed by atoms with Crippen LogP contribution in [0.15, 0.2) is 84.8 Å². The molecule has 14 nitrogen and oxygen atoms in total. The van der Waals surface area contributed by atoms with Crippen LogP contribution in [0, 0.1) is 0 Å². The second kappa shape index (κ2) is 19.8. The van der Waals surface area contributed by atoms with Crippen molar-refractivity contribution in [1.82, 2.24) is 9.80 Å². The summed E-state index contributed by atoms with van der Waals surface area (Å²) in [4.78, 5) is 54.9. The molecule has 14 heteroatoms. The lowest BCUT2D eigenvalue weighted by atomic mass is 10.1. The van der Waals surface area contributed by atoms with Gasteiger partial charge in [0, 0.05) is 49.6 Å². The molecule has 0 spiro atoms. The second-order valence-electron chi connectivity index (χ2n) is 12.7. The molecule has 0 saturated carbocycles. The molecule has 2 aromatic carbocycles. The third-order valence-electron chi connectivity index (χ3n) is 8.66. The monoisotopic (exact) mass is 758 g/mol. The molecule has 2 aliphatic heterocycles. The highest BCUT2D eigenvalue weighted by molar-refractivity contribution is 6.04. The topological polar surface area (TPSA) is 168 Å². The number of nitrogen functional groups attached to an aromatic ring is 1. The number of hydrogen-bond acceptors (Lipinski definition) is 11. The van der Waals surface area contributed by atoms with E-state index >= 15 is 0 Å². The summed E-state index contributed by atoms with van der Waals surface area (Å²) in [6.45, 7) is 10.9. The van der Waals surface area contributed by atoms with E-state index in [1.165, 1.54) is 44.3 Å². The molecule has 55 heavy (non-hydrogen) atoms. The molecule has 0 aromatic heterocycles. The molecule has 0 saturated heterocycles. The van der Waals surface area contributed by atoms with Gasteiger partial charge in [-0.05, 0) is 56.9 Å². The summed E-state index contributed by atoms with van der Waals surface area (Å²) in [5, 5.41) is 2.63. The third-order valence-corrected chi connectivity index (χ3v) is 8.66. The van der Waals surface area contributed by atoms with Crippen LogP contribution in [0.1, 0.15) is 67.7 Å². The minimum Gasteiger partial charge on any atom is -0.493 e. The van der Waals surface area contributed by atoms with Crippen LogP contribution in [-0.4, -0.2) is 86.4 Å². The van der Waals surface area contributed by atoms with Gasteiger partial charge < -0.3 is 44.0 Å². The number of carbonyl (C=O) groups is 4. The van der Waals surface area contributed by atoms with Crippen LogP contribution >= 0.6 is 0 Å². The summed E-state index contributed by atoms with van der Waals surface area (Å²) < 4.78 is 33.6. The van der Waals surface area contributed by atoms with Gasteiger partial charge >= 0.3 is 12.1 Å². The van der Waals surface area contributed by atoms with E-state index in [1.807, 2.05) is 51.3 Å². The van der Waals surface area contributed by atoms with Crippen molar-refractivity contribution in [3.05, 3.63) is 95.9 Å². The Bertz CT molecular complexity index is 1880. The fourth-order valence-corrected chi connectivity index (χ4v) is 6.12. The number of anilines is 2. The van der Waals surface area contributed by atoms with Crippen LogP contribution in [0.5, 0.6) is 23.0 Å². The van der Waals surface area contributed by atoms with Gasteiger partial charge in [0.2, 0.25) is 0 Å². The molecule has 3 amide bonds. The second-order valence-corrected chi connectivity index (χ2v) is 12.7. The molecular weight excluding hydrogens is 708 g/mol. The summed E-state index contributed by atoms with van der Waals surface area (Å²) in [6, 6.07) is 5.61. The molecule has 0 radical (unpaired) electrons. The molecular formula is C41H50N4O10. The maximum absolute atomic E-state index is 14.1. The summed E-state index contributed by atoms with van der Waals surface area (Å²) in [7, 11) is 2.92. The van der Waals surface area contributed by atoms with E-state index in [2.05, 4.69) is 11.9 Å². The van der Waals surface area contributed by atoms with Crippen molar-refractivity contribution in [2.75, 3.05) is 51.7 Å². The molecule has 0 bridgehead atoms. The van der Waals surface area contributed by atoms with Crippen molar-refractivity contribution in [3.63, 3.8) is 0 Å². The van der Waals surface area contributed by atoms with Crippen molar-refractivity contribution in [2.24, 2.45) is 0 Å². The maximum Gasteiger partial charge on any atom is 0.411 e. The average Bonchev–Trinajstić information content (AvgIpc) is 3.74. The maximum atomic E-state index is 14.1. The molecule has 2 aromatic rings. The number of methoxy groups -OCH3 is 2. The predicted molar refractivity (Wildman–Crippen MR) is 208 cm³/mol. The van der Waals surface area contributed by atoms with Gasteiger partial charge in [-0.2, -0.15) is 0 Å². The Labute approximate surface area is 321 Å². The number of amides is 3. The minimum absolute atomic E-state index is 0.0157. The number of nitrogens with one attached hydrogen (secondary N) is 1. The average molecular weight is 759 g/mol. The lowest BCUT2D eigenvalue weighted by molar-refractivity contribution is -0.142. The van der Waals surface area contributed by atoms with E-state index in [9.17, 15) is 19.2 Å². The van der Waals surface area contributed by atoms with Gasteiger partial charge in [0.15, 0.2) is 23.0 Å². The summed E-state index contributed by atoms with van der Waals surface area (Å²) in [6.07, 6.45) is 13.4. The standard InChI is InChI=1S/C41H50N4O10/c1-8-12-28-17-26(4)44(23-28)39(47)31-19-35(50-6)37(21-33(31)42)52-15-11-16-53-38-22-34(43-41(49)54-14-10-3)32(20-36(38)51-7)40(48)45-24-29(13-9-2)18-30(45)25-55-27(5)46/h8-10,12-13,19-24,26,30H,3,11,14-18,25,42H2,1-2,4-7H3,(H,43,49)/b12-8+,13-9+/t26-,30-/m0/s1. The summed E-state index contributed by atoms with van der Waals surface area (Å²) in [5.41, 5.74) is 9.02. The number of allylic oxidation sites excluding steroid dienone is 4. The fourth-order valence-electron chi connectivity index (χ4n) is 6.12. The van der Waals surface area contributed by atoms with E-state index in [0.717, 1.165) is 17.6 Å². The van der Waals surface area contributed by atoms with Gasteiger partial charge in [-0.15, -0.1) is 0 Å². The van der Waals surface area contributed by atoms with Gasteiger partial charge in [-0.1, -0.05) is 37.0 Å². The molecule has 2 aliphatic rings. The number of hydrogen-bond donors (Lipinski definition) is 2. The zero-order valence-corrected chi connectivity index (χ0v) is 32.2. The number of nitrogens with zero attached hydrogens (tertiary/aromatic N) is 2. The highest BCUT2D eigenvalue weighted by Crippen LogP contribution is 2.37. The Balaban J connectivity index is 1.49. The number of benzene rings is 2. The van der Waals surface area contributed by atoms with E-state index in [4.69, 9.17) is 34.2 Å². The first-order valence-electron chi connectivity index (χ1n) is 17.9. The van der Waals surface area contributed by atoms with Crippen molar-refractivity contribution < 1.29 is 47.6 Å². The normalized spacial score (nSPS) is 16.5. The molecule has 3 N–H and O–H groups in total. The lowest BCUT2D eigenvalue weighted by Gasteiger charge is -2.25. The Morgan fingerprint density at radius 3 is 2.02 bits per heavy atom. The van der Waals surface area contributed by atoms with E-state index < -0.39 is 24.0 Å². The van der Waals surface area contributed by atoms with E-state index in [-0.39, 0.29) is 66.8 Å². The Kier molecular flexibility index (Phi) is 14.9. The molecule has 0 unspecified atom stereocenters. The first kappa shape index (κ1) is 41.6. The van der Waals surface area contributed by atoms with E-state index in [0.29, 0.717) is 29.9 Å². The molecule has 4 rings (SSSR count). The van der Waals surface area contributed by atoms with E-state index in [1.54, 1.807) is 23.2 Å². The van der Waals surface area contributed by atoms with Crippen molar-refractivity contribution >= 4 is 35.3 Å². The first-order chi connectivity index (χ1) is 26.4. The number of esters is 1. The van der Waals surface area contributed by atoms with Crippen LogP contribution in [0.2, 0.25) is 0 Å². The van der Waals surface area contributed by atoms with Gasteiger partial charge in [0.1, 0.15) is 13.2 Å². The Hall–Kier alpha value is -6.18. The Morgan fingerprint density at radius 2 is 1.42 bits per heavy atom. The molecule has 294 valence electrons.